The summed E-state index contributed by atoms with van der Waals surface area (Å²) in [5.74, 6) is -0.177. The number of nitrogens with one attached hydrogen (secondary N) is 1. The fraction of sp³-hybridized carbons (Fsp3) is 0.353. The molecular formula is C17H20ClN3O2. The maximum atomic E-state index is 12.3. The van der Waals surface area contributed by atoms with E-state index >= 15 is 0 Å². The van der Waals surface area contributed by atoms with Crippen molar-refractivity contribution in [2.24, 2.45) is 0 Å². The van der Waals surface area contributed by atoms with E-state index in [2.05, 4.69) is 10.4 Å². The van der Waals surface area contributed by atoms with Crippen LogP contribution >= 0.6 is 11.6 Å². The Morgan fingerprint density at radius 2 is 2.00 bits per heavy atom. The molecule has 1 heterocycles. The van der Waals surface area contributed by atoms with Gasteiger partial charge in [0.2, 0.25) is 0 Å². The van der Waals surface area contributed by atoms with Crippen molar-refractivity contribution in [3.05, 3.63) is 56.5 Å². The topological polar surface area (TPSA) is 64.0 Å². The first kappa shape index (κ1) is 17.2. The number of hydrogen-bond acceptors (Lipinski definition) is 4. The standard InChI is InChI=1S/C17H20ClN3O2/c1-10(2)20-14-8-19-21(17(23)16(14)18)9-15(22)13-6-5-11(3)12(4)7-13/h5-8,10,20H,9H2,1-4H3. The molecule has 0 amide bonds. The monoisotopic (exact) mass is 333 g/mol. The molecule has 1 N–H and O–H groups in total. The zero-order valence-corrected chi connectivity index (χ0v) is 14.4. The highest BCUT2D eigenvalue weighted by Gasteiger charge is 2.14. The summed E-state index contributed by atoms with van der Waals surface area (Å²) in [7, 11) is 0. The molecule has 2 aromatic rings. The number of carbonyl (C=O) groups is 1. The van der Waals surface area contributed by atoms with E-state index in [4.69, 9.17) is 11.6 Å². The molecule has 122 valence electrons. The minimum absolute atomic E-state index is 0.0431. The van der Waals surface area contributed by atoms with Crippen LogP contribution in [0.3, 0.4) is 0 Å². The Kier molecular flexibility index (Phi) is 5.21. The van der Waals surface area contributed by atoms with E-state index in [-0.39, 0.29) is 23.4 Å². The number of benzene rings is 1. The third-order valence-corrected chi connectivity index (χ3v) is 3.92. The van der Waals surface area contributed by atoms with Gasteiger partial charge in [-0.25, -0.2) is 4.68 Å². The van der Waals surface area contributed by atoms with Crippen molar-refractivity contribution in [2.45, 2.75) is 40.3 Å². The predicted molar refractivity (Wildman–Crippen MR) is 92.5 cm³/mol. The maximum Gasteiger partial charge on any atom is 0.288 e. The summed E-state index contributed by atoms with van der Waals surface area (Å²) in [6.07, 6.45) is 1.47. The molecule has 0 spiro atoms. The average Bonchev–Trinajstić information content (AvgIpc) is 2.49. The van der Waals surface area contributed by atoms with Crippen LogP contribution in [0, 0.1) is 13.8 Å². The molecule has 23 heavy (non-hydrogen) atoms. The van der Waals surface area contributed by atoms with Crippen LogP contribution in [0.4, 0.5) is 5.69 Å². The van der Waals surface area contributed by atoms with Gasteiger partial charge in [0.15, 0.2) is 5.78 Å². The highest BCUT2D eigenvalue weighted by molar-refractivity contribution is 6.32. The molecule has 0 bridgehead atoms. The number of ketones is 1. The van der Waals surface area contributed by atoms with Crippen molar-refractivity contribution in [1.29, 1.82) is 0 Å². The molecule has 0 aliphatic carbocycles. The van der Waals surface area contributed by atoms with Gasteiger partial charge in [-0.15, -0.1) is 0 Å². The Balaban J connectivity index is 2.26. The minimum atomic E-state index is -0.477. The van der Waals surface area contributed by atoms with Gasteiger partial charge in [0, 0.05) is 11.6 Å². The lowest BCUT2D eigenvalue weighted by Crippen LogP contribution is -2.28. The molecule has 0 fully saturated rings. The van der Waals surface area contributed by atoms with Crippen molar-refractivity contribution in [3.63, 3.8) is 0 Å². The zero-order chi connectivity index (χ0) is 17.1. The summed E-state index contributed by atoms with van der Waals surface area (Å²) in [5, 5.41) is 7.12. The van der Waals surface area contributed by atoms with Gasteiger partial charge in [0.05, 0.1) is 11.9 Å². The van der Waals surface area contributed by atoms with Gasteiger partial charge < -0.3 is 5.32 Å². The second kappa shape index (κ2) is 6.96. The highest BCUT2D eigenvalue weighted by Crippen LogP contribution is 2.16. The van der Waals surface area contributed by atoms with Crippen LogP contribution in [0.2, 0.25) is 5.02 Å². The Hall–Kier alpha value is -2.14. The zero-order valence-electron chi connectivity index (χ0n) is 13.7. The van der Waals surface area contributed by atoms with Crippen molar-refractivity contribution in [2.75, 3.05) is 5.32 Å². The number of hydrogen-bond donors (Lipinski definition) is 1. The predicted octanol–water partition coefficient (Wildman–Crippen LogP) is 3.22. The third-order valence-electron chi connectivity index (χ3n) is 3.55. The van der Waals surface area contributed by atoms with E-state index in [0.717, 1.165) is 15.8 Å². The number of anilines is 1. The van der Waals surface area contributed by atoms with E-state index in [1.54, 1.807) is 6.07 Å². The number of carbonyl (C=O) groups excluding carboxylic acids is 1. The molecule has 2 rings (SSSR count). The Labute approximate surface area is 140 Å². The van der Waals surface area contributed by atoms with Gasteiger partial charge in [0.25, 0.3) is 5.56 Å². The first-order chi connectivity index (χ1) is 10.8. The van der Waals surface area contributed by atoms with Crippen LogP contribution in [0.5, 0.6) is 0 Å². The summed E-state index contributed by atoms with van der Waals surface area (Å²) in [6.45, 7) is 7.66. The van der Waals surface area contributed by atoms with Crippen LogP contribution in [0.15, 0.2) is 29.2 Å². The smallest absolute Gasteiger partial charge is 0.288 e. The fourth-order valence-corrected chi connectivity index (χ4v) is 2.33. The van der Waals surface area contributed by atoms with Gasteiger partial charge in [-0.3, -0.25) is 9.59 Å². The molecule has 0 saturated heterocycles. The van der Waals surface area contributed by atoms with Crippen LogP contribution < -0.4 is 10.9 Å². The van der Waals surface area contributed by atoms with Crippen LogP contribution in [0.25, 0.3) is 0 Å². The Bertz CT molecular complexity index is 797. The summed E-state index contributed by atoms with van der Waals surface area (Å²) in [4.78, 5) is 24.6. The molecule has 0 radical (unpaired) electrons. The molecule has 6 heteroatoms. The van der Waals surface area contributed by atoms with Gasteiger partial charge in [-0.05, 0) is 44.9 Å². The van der Waals surface area contributed by atoms with Gasteiger partial charge >= 0.3 is 0 Å². The van der Waals surface area contributed by atoms with Crippen molar-refractivity contribution in [1.82, 2.24) is 9.78 Å². The maximum absolute atomic E-state index is 12.3. The number of aryl methyl sites for hydroxylation is 2. The number of nitrogens with zero attached hydrogens (tertiary/aromatic N) is 2. The van der Waals surface area contributed by atoms with Crippen LogP contribution in [-0.2, 0) is 6.54 Å². The molecule has 0 saturated carbocycles. The fourth-order valence-electron chi connectivity index (χ4n) is 2.13. The number of aromatic nitrogens is 2. The Morgan fingerprint density at radius 1 is 1.30 bits per heavy atom. The normalized spacial score (nSPS) is 10.9. The van der Waals surface area contributed by atoms with Crippen molar-refractivity contribution < 1.29 is 4.79 Å². The van der Waals surface area contributed by atoms with Crippen molar-refractivity contribution >= 4 is 23.1 Å². The number of rotatable bonds is 5. The summed E-state index contributed by atoms with van der Waals surface area (Å²) in [6, 6.07) is 5.59. The largest absolute Gasteiger partial charge is 0.380 e. The molecule has 0 unspecified atom stereocenters. The van der Waals surface area contributed by atoms with E-state index in [9.17, 15) is 9.59 Å². The SMILES string of the molecule is Cc1ccc(C(=O)Cn2ncc(NC(C)C)c(Cl)c2=O)cc1C. The lowest BCUT2D eigenvalue weighted by atomic mass is 10.0. The van der Waals surface area contributed by atoms with E-state index < -0.39 is 5.56 Å². The summed E-state index contributed by atoms with van der Waals surface area (Å²) >= 11 is 6.07. The van der Waals surface area contributed by atoms with Gasteiger partial charge in [0.1, 0.15) is 11.6 Å². The summed E-state index contributed by atoms with van der Waals surface area (Å²) in [5.41, 5.74) is 2.70. The molecular weight excluding hydrogens is 314 g/mol. The summed E-state index contributed by atoms with van der Waals surface area (Å²) < 4.78 is 1.09. The van der Waals surface area contributed by atoms with Gasteiger partial charge in [-0.2, -0.15) is 5.10 Å². The lowest BCUT2D eigenvalue weighted by Gasteiger charge is -2.12. The first-order valence-electron chi connectivity index (χ1n) is 7.42. The van der Waals surface area contributed by atoms with Crippen molar-refractivity contribution in [3.8, 4) is 0 Å². The number of halogens is 1. The molecule has 1 aromatic heterocycles. The quantitative estimate of drug-likeness (QED) is 0.853. The Morgan fingerprint density at radius 3 is 2.61 bits per heavy atom. The van der Waals surface area contributed by atoms with E-state index in [1.807, 2.05) is 39.8 Å². The molecule has 5 nitrogen and oxygen atoms in total. The third kappa shape index (κ3) is 3.99. The first-order valence-corrected chi connectivity index (χ1v) is 7.80. The molecule has 0 atom stereocenters. The second-order valence-electron chi connectivity index (χ2n) is 5.86. The van der Waals surface area contributed by atoms with E-state index in [1.165, 1.54) is 6.20 Å². The van der Waals surface area contributed by atoms with Crippen LogP contribution in [-0.4, -0.2) is 21.6 Å². The highest BCUT2D eigenvalue weighted by atomic mass is 35.5. The molecule has 1 aromatic carbocycles. The lowest BCUT2D eigenvalue weighted by molar-refractivity contribution is 0.0965. The minimum Gasteiger partial charge on any atom is -0.380 e. The molecule has 0 aliphatic rings. The second-order valence-corrected chi connectivity index (χ2v) is 6.23. The molecule has 0 aliphatic heterocycles. The van der Waals surface area contributed by atoms with Crippen LogP contribution in [0.1, 0.15) is 35.3 Å². The van der Waals surface area contributed by atoms with Gasteiger partial charge in [-0.1, -0.05) is 23.7 Å². The van der Waals surface area contributed by atoms with E-state index in [0.29, 0.717) is 11.3 Å². The average molecular weight is 334 g/mol. The number of Topliss-reactive ketones (excluding diaryl/α,β-unsaturated/α-hetero) is 1.